The van der Waals surface area contributed by atoms with Crippen LogP contribution in [-0.2, 0) is 6.54 Å². The van der Waals surface area contributed by atoms with Gasteiger partial charge in [0.15, 0.2) is 0 Å². The summed E-state index contributed by atoms with van der Waals surface area (Å²) in [6.45, 7) is 5.49. The van der Waals surface area contributed by atoms with Gasteiger partial charge in [-0.1, -0.05) is 26.0 Å². The van der Waals surface area contributed by atoms with Gasteiger partial charge in [-0.15, -0.1) is 0 Å². The van der Waals surface area contributed by atoms with Crippen molar-refractivity contribution >= 4 is 5.69 Å². The van der Waals surface area contributed by atoms with E-state index in [1.807, 2.05) is 0 Å². The topological polar surface area (TPSA) is 29.3 Å². The lowest BCUT2D eigenvalue weighted by molar-refractivity contribution is 0.243. The standard InChI is InChI=1S/C18H28N2/c1-13-3-6-18(11-14(13)2)20(17-9-10-17)16-7-4-15(12-19)5-8-16/h4-5,7-8,13-14,17-18H,3,6,9-12,19H2,1-2H3. The minimum absolute atomic E-state index is 0.641. The van der Waals surface area contributed by atoms with Crippen LogP contribution in [0.4, 0.5) is 5.69 Å². The van der Waals surface area contributed by atoms with Gasteiger partial charge in [0.05, 0.1) is 0 Å². The molecule has 0 amide bonds. The fourth-order valence-electron chi connectivity index (χ4n) is 3.65. The summed E-state index contributed by atoms with van der Waals surface area (Å²) in [4.78, 5) is 2.72. The second kappa shape index (κ2) is 5.77. The van der Waals surface area contributed by atoms with Gasteiger partial charge in [-0.05, 0) is 61.6 Å². The second-order valence-corrected chi connectivity index (χ2v) is 6.93. The molecule has 2 fully saturated rings. The summed E-state index contributed by atoms with van der Waals surface area (Å²) in [6.07, 6.45) is 6.85. The minimum atomic E-state index is 0.641. The molecule has 2 N–H and O–H groups in total. The van der Waals surface area contributed by atoms with E-state index in [9.17, 15) is 0 Å². The molecular weight excluding hydrogens is 244 g/mol. The molecule has 110 valence electrons. The number of rotatable bonds is 4. The Morgan fingerprint density at radius 3 is 2.15 bits per heavy atom. The summed E-state index contributed by atoms with van der Waals surface area (Å²) in [5.41, 5.74) is 8.36. The molecule has 2 heteroatoms. The van der Waals surface area contributed by atoms with Crippen molar-refractivity contribution in [2.45, 2.75) is 64.6 Å². The third kappa shape index (κ3) is 2.85. The summed E-state index contributed by atoms with van der Waals surface area (Å²) in [7, 11) is 0. The van der Waals surface area contributed by atoms with Crippen molar-refractivity contribution in [3.8, 4) is 0 Å². The van der Waals surface area contributed by atoms with Gasteiger partial charge in [0.1, 0.15) is 0 Å². The number of nitrogens with zero attached hydrogens (tertiary/aromatic N) is 1. The normalized spacial score (nSPS) is 30.2. The molecule has 3 unspecified atom stereocenters. The summed E-state index contributed by atoms with van der Waals surface area (Å²) in [5, 5.41) is 0. The quantitative estimate of drug-likeness (QED) is 0.899. The van der Waals surface area contributed by atoms with Crippen molar-refractivity contribution in [1.29, 1.82) is 0 Å². The first kappa shape index (κ1) is 13.9. The van der Waals surface area contributed by atoms with Crippen LogP contribution in [-0.4, -0.2) is 12.1 Å². The maximum Gasteiger partial charge on any atom is 0.0371 e. The molecule has 1 aromatic carbocycles. The predicted octanol–water partition coefficient (Wildman–Crippen LogP) is 3.94. The van der Waals surface area contributed by atoms with Crippen molar-refractivity contribution in [2.75, 3.05) is 4.90 Å². The predicted molar refractivity (Wildman–Crippen MR) is 85.8 cm³/mol. The maximum absolute atomic E-state index is 5.71. The third-order valence-electron chi connectivity index (χ3n) is 5.37. The lowest BCUT2D eigenvalue weighted by Crippen LogP contribution is -2.41. The van der Waals surface area contributed by atoms with Crippen molar-refractivity contribution < 1.29 is 0 Å². The minimum Gasteiger partial charge on any atom is -0.366 e. The fraction of sp³-hybridized carbons (Fsp3) is 0.667. The van der Waals surface area contributed by atoms with Crippen LogP contribution in [0.25, 0.3) is 0 Å². The molecule has 3 rings (SSSR count). The maximum atomic E-state index is 5.71. The Balaban J connectivity index is 1.78. The zero-order valence-electron chi connectivity index (χ0n) is 12.9. The lowest BCUT2D eigenvalue weighted by Gasteiger charge is -2.41. The lowest BCUT2D eigenvalue weighted by atomic mass is 9.78. The molecule has 0 aromatic heterocycles. The fourth-order valence-corrected chi connectivity index (χ4v) is 3.65. The van der Waals surface area contributed by atoms with E-state index in [0.29, 0.717) is 6.54 Å². The molecule has 0 heterocycles. The molecule has 2 aliphatic rings. The molecule has 0 saturated heterocycles. The summed E-state index contributed by atoms with van der Waals surface area (Å²) >= 11 is 0. The largest absolute Gasteiger partial charge is 0.366 e. The summed E-state index contributed by atoms with van der Waals surface area (Å²) in [5.74, 6) is 1.75. The van der Waals surface area contributed by atoms with Gasteiger partial charge >= 0.3 is 0 Å². The van der Waals surface area contributed by atoms with Crippen LogP contribution in [0.2, 0.25) is 0 Å². The molecule has 3 atom stereocenters. The van der Waals surface area contributed by atoms with Gasteiger partial charge in [-0.2, -0.15) is 0 Å². The van der Waals surface area contributed by atoms with Gasteiger partial charge in [0, 0.05) is 24.3 Å². The molecule has 2 aliphatic carbocycles. The third-order valence-corrected chi connectivity index (χ3v) is 5.37. The molecule has 20 heavy (non-hydrogen) atoms. The average molecular weight is 272 g/mol. The Hall–Kier alpha value is -1.02. The number of nitrogens with two attached hydrogens (primary N) is 1. The zero-order valence-corrected chi connectivity index (χ0v) is 12.9. The van der Waals surface area contributed by atoms with E-state index in [1.165, 1.54) is 43.4 Å². The molecule has 0 radical (unpaired) electrons. The summed E-state index contributed by atoms with van der Waals surface area (Å²) < 4.78 is 0. The van der Waals surface area contributed by atoms with E-state index in [1.54, 1.807) is 0 Å². The highest BCUT2D eigenvalue weighted by Crippen LogP contribution is 2.40. The van der Waals surface area contributed by atoms with Crippen LogP contribution in [0.1, 0.15) is 51.5 Å². The van der Waals surface area contributed by atoms with E-state index in [-0.39, 0.29) is 0 Å². The van der Waals surface area contributed by atoms with Gasteiger partial charge in [-0.25, -0.2) is 0 Å². The van der Waals surface area contributed by atoms with Gasteiger partial charge < -0.3 is 10.6 Å². The first-order chi connectivity index (χ1) is 9.69. The highest BCUT2D eigenvalue weighted by Gasteiger charge is 2.37. The molecule has 2 nitrogen and oxygen atoms in total. The Labute approximate surface area is 123 Å². The summed E-state index contributed by atoms with van der Waals surface area (Å²) in [6, 6.07) is 10.5. The highest BCUT2D eigenvalue weighted by atomic mass is 15.2. The van der Waals surface area contributed by atoms with Crippen LogP contribution >= 0.6 is 0 Å². The number of anilines is 1. The van der Waals surface area contributed by atoms with Crippen LogP contribution in [0.5, 0.6) is 0 Å². The zero-order chi connectivity index (χ0) is 14.1. The molecule has 2 saturated carbocycles. The number of hydrogen-bond donors (Lipinski definition) is 1. The second-order valence-electron chi connectivity index (χ2n) is 6.93. The van der Waals surface area contributed by atoms with Crippen LogP contribution in [0.3, 0.4) is 0 Å². The van der Waals surface area contributed by atoms with Crippen LogP contribution in [0.15, 0.2) is 24.3 Å². The van der Waals surface area contributed by atoms with Crippen LogP contribution < -0.4 is 10.6 Å². The Bertz CT molecular complexity index is 435. The van der Waals surface area contributed by atoms with Crippen molar-refractivity contribution in [3.05, 3.63) is 29.8 Å². The van der Waals surface area contributed by atoms with E-state index in [4.69, 9.17) is 5.73 Å². The van der Waals surface area contributed by atoms with E-state index >= 15 is 0 Å². The van der Waals surface area contributed by atoms with Crippen molar-refractivity contribution in [2.24, 2.45) is 17.6 Å². The Morgan fingerprint density at radius 1 is 0.950 bits per heavy atom. The van der Waals surface area contributed by atoms with Crippen LogP contribution in [0, 0.1) is 11.8 Å². The molecular formula is C18H28N2. The van der Waals surface area contributed by atoms with Crippen molar-refractivity contribution in [1.82, 2.24) is 0 Å². The average Bonchev–Trinajstić information content (AvgIpc) is 3.28. The Kier molecular flexibility index (Phi) is 4.02. The molecule has 1 aromatic rings. The van der Waals surface area contributed by atoms with E-state index < -0.39 is 0 Å². The van der Waals surface area contributed by atoms with Crippen molar-refractivity contribution in [3.63, 3.8) is 0 Å². The smallest absolute Gasteiger partial charge is 0.0371 e. The van der Waals surface area contributed by atoms with Gasteiger partial charge in [-0.3, -0.25) is 0 Å². The van der Waals surface area contributed by atoms with Gasteiger partial charge in [0.2, 0.25) is 0 Å². The molecule has 0 aliphatic heterocycles. The molecule has 0 spiro atoms. The monoisotopic (exact) mass is 272 g/mol. The first-order valence-electron chi connectivity index (χ1n) is 8.26. The molecule has 0 bridgehead atoms. The highest BCUT2D eigenvalue weighted by molar-refractivity contribution is 5.51. The number of hydrogen-bond acceptors (Lipinski definition) is 2. The SMILES string of the molecule is CC1CCC(N(c2ccc(CN)cc2)C2CC2)CC1C. The van der Waals surface area contributed by atoms with E-state index in [0.717, 1.165) is 23.9 Å². The number of benzene rings is 1. The Morgan fingerprint density at radius 2 is 1.60 bits per heavy atom. The van der Waals surface area contributed by atoms with Gasteiger partial charge in [0.25, 0.3) is 0 Å². The van der Waals surface area contributed by atoms with E-state index in [2.05, 4.69) is 43.0 Å². The first-order valence-corrected chi connectivity index (χ1v) is 8.26.